The van der Waals surface area contributed by atoms with Gasteiger partial charge in [0.05, 0.1) is 4.90 Å². The van der Waals surface area contributed by atoms with Gasteiger partial charge in [-0.05, 0) is 37.2 Å². The highest BCUT2D eigenvalue weighted by Gasteiger charge is 2.14. The summed E-state index contributed by atoms with van der Waals surface area (Å²) in [4.78, 5) is -0.0356. The molecule has 0 atom stereocenters. The first-order valence-electron chi connectivity index (χ1n) is 5.43. The van der Waals surface area contributed by atoms with Gasteiger partial charge in [-0.3, -0.25) is 0 Å². The van der Waals surface area contributed by atoms with Crippen molar-refractivity contribution in [2.24, 2.45) is 0 Å². The highest BCUT2D eigenvalue weighted by molar-refractivity contribution is 7.89. The summed E-state index contributed by atoms with van der Waals surface area (Å²) in [5, 5.41) is 2.99. The molecule has 0 unspecified atom stereocenters. The number of sulfonamides is 1. The van der Waals surface area contributed by atoms with Crippen LogP contribution in [0.25, 0.3) is 0 Å². The Hall–Kier alpha value is -0.980. The largest absolute Gasteiger partial charge is 0.316 e. The highest BCUT2D eigenvalue weighted by atomic mass is 32.2. The van der Waals surface area contributed by atoms with Gasteiger partial charge >= 0.3 is 0 Å². The second-order valence-electron chi connectivity index (χ2n) is 3.72. The fourth-order valence-electron chi connectivity index (χ4n) is 1.39. The van der Waals surface area contributed by atoms with Gasteiger partial charge in [0.15, 0.2) is 0 Å². The molecule has 1 rings (SSSR count). The molecule has 0 aromatic heterocycles. The fourth-order valence-corrected chi connectivity index (χ4v) is 2.54. The lowest BCUT2D eigenvalue weighted by molar-refractivity contribution is 0.573. The lowest BCUT2D eigenvalue weighted by Gasteiger charge is -2.08. The standard InChI is InChI=1S/C11H17FN2O2S/c1-3-13-4-5-14-17(15,16)11-7-9(2)6-10(12)8-11/h6-8,13-14H,3-5H2,1-2H3. The van der Waals surface area contributed by atoms with Crippen LogP contribution in [0.4, 0.5) is 4.39 Å². The molecule has 0 amide bonds. The van der Waals surface area contributed by atoms with Gasteiger partial charge in [-0.15, -0.1) is 0 Å². The maximum absolute atomic E-state index is 13.1. The second kappa shape index (κ2) is 6.09. The first-order valence-corrected chi connectivity index (χ1v) is 6.91. The van der Waals surface area contributed by atoms with E-state index >= 15 is 0 Å². The first-order chi connectivity index (χ1) is 7.95. The smallest absolute Gasteiger partial charge is 0.240 e. The maximum atomic E-state index is 13.1. The molecule has 0 heterocycles. The third-order valence-corrected chi connectivity index (χ3v) is 3.61. The molecule has 0 bridgehead atoms. The SMILES string of the molecule is CCNCCNS(=O)(=O)c1cc(C)cc(F)c1. The van der Waals surface area contributed by atoms with Crippen molar-refractivity contribution in [3.05, 3.63) is 29.6 Å². The number of halogens is 1. The lowest BCUT2D eigenvalue weighted by Crippen LogP contribution is -2.31. The van der Waals surface area contributed by atoms with Crippen molar-refractivity contribution in [3.63, 3.8) is 0 Å². The van der Waals surface area contributed by atoms with E-state index in [1.165, 1.54) is 12.1 Å². The molecule has 0 aliphatic heterocycles. The van der Waals surface area contributed by atoms with E-state index in [1.807, 2.05) is 6.92 Å². The van der Waals surface area contributed by atoms with Crippen LogP contribution in [0.1, 0.15) is 12.5 Å². The minimum Gasteiger partial charge on any atom is -0.316 e. The van der Waals surface area contributed by atoms with Crippen molar-refractivity contribution in [3.8, 4) is 0 Å². The van der Waals surface area contributed by atoms with E-state index in [9.17, 15) is 12.8 Å². The molecule has 17 heavy (non-hydrogen) atoms. The molecular weight excluding hydrogens is 243 g/mol. The van der Waals surface area contributed by atoms with Crippen LogP contribution >= 0.6 is 0 Å². The summed E-state index contributed by atoms with van der Waals surface area (Å²) in [5.41, 5.74) is 0.581. The van der Waals surface area contributed by atoms with Crippen molar-refractivity contribution >= 4 is 10.0 Å². The summed E-state index contributed by atoms with van der Waals surface area (Å²) < 4.78 is 39.1. The van der Waals surface area contributed by atoms with Crippen LogP contribution in [0.5, 0.6) is 0 Å². The highest BCUT2D eigenvalue weighted by Crippen LogP contribution is 2.13. The normalized spacial score (nSPS) is 11.7. The summed E-state index contributed by atoms with van der Waals surface area (Å²) in [5.74, 6) is -0.544. The van der Waals surface area contributed by atoms with E-state index in [0.29, 0.717) is 12.1 Å². The Morgan fingerprint density at radius 1 is 1.24 bits per heavy atom. The van der Waals surface area contributed by atoms with Gasteiger partial charge in [-0.25, -0.2) is 17.5 Å². The predicted octanol–water partition coefficient (Wildman–Crippen LogP) is 1.02. The van der Waals surface area contributed by atoms with E-state index < -0.39 is 15.8 Å². The minimum atomic E-state index is -3.62. The molecule has 0 aliphatic rings. The van der Waals surface area contributed by atoms with Crippen LogP contribution in [0.3, 0.4) is 0 Å². The number of rotatable bonds is 6. The Bertz CT molecular complexity index is 454. The Kier molecular flexibility index (Phi) is 5.04. The van der Waals surface area contributed by atoms with E-state index in [-0.39, 0.29) is 11.4 Å². The molecule has 0 saturated heterocycles. The predicted molar refractivity (Wildman–Crippen MR) is 64.9 cm³/mol. The number of benzene rings is 1. The first kappa shape index (κ1) is 14.1. The minimum absolute atomic E-state index is 0.0356. The van der Waals surface area contributed by atoms with Gasteiger partial charge in [-0.1, -0.05) is 6.92 Å². The van der Waals surface area contributed by atoms with Crippen LogP contribution in [0, 0.1) is 12.7 Å². The molecule has 1 aromatic rings. The van der Waals surface area contributed by atoms with Crippen LogP contribution in [0.15, 0.2) is 23.1 Å². The Labute approximate surface area is 101 Å². The van der Waals surface area contributed by atoms with Gasteiger partial charge in [0.2, 0.25) is 10.0 Å². The zero-order valence-electron chi connectivity index (χ0n) is 9.96. The molecule has 0 saturated carbocycles. The molecule has 0 spiro atoms. The van der Waals surface area contributed by atoms with Crippen molar-refractivity contribution < 1.29 is 12.8 Å². The Morgan fingerprint density at radius 2 is 1.94 bits per heavy atom. The number of likely N-dealkylation sites (N-methyl/N-ethyl adjacent to an activating group) is 1. The number of aryl methyl sites for hydroxylation is 1. The molecular formula is C11H17FN2O2S. The molecule has 0 fully saturated rings. The van der Waals surface area contributed by atoms with Crippen LogP contribution < -0.4 is 10.0 Å². The van der Waals surface area contributed by atoms with E-state index in [4.69, 9.17) is 0 Å². The summed E-state index contributed by atoms with van der Waals surface area (Å²) >= 11 is 0. The molecule has 2 N–H and O–H groups in total. The number of hydrogen-bond acceptors (Lipinski definition) is 3. The zero-order valence-corrected chi connectivity index (χ0v) is 10.8. The van der Waals surface area contributed by atoms with Crippen molar-refractivity contribution in [1.82, 2.24) is 10.0 Å². The summed E-state index contributed by atoms with van der Waals surface area (Å²) in [6.07, 6.45) is 0. The Morgan fingerprint density at radius 3 is 2.53 bits per heavy atom. The third kappa shape index (κ3) is 4.41. The van der Waals surface area contributed by atoms with Crippen LogP contribution in [0.2, 0.25) is 0 Å². The summed E-state index contributed by atoms with van der Waals surface area (Å²) in [7, 11) is -3.62. The number of nitrogens with one attached hydrogen (secondary N) is 2. The fraction of sp³-hybridized carbons (Fsp3) is 0.455. The average Bonchev–Trinajstić information content (AvgIpc) is 2.23. The quantitative estimate of drug-likeness (QED) is 0.751. The second-order valence-corrected chi connectivity index (χ2v) is 5.48. The van der Waals surface area contributed by atoms with Crippen LogP contribution in [-0.4, -0.2) is 28.1 Å². The van der Waals surface area contributed by atoms with Crippen molar-refractivity contribution in [2.75, 3.05) is 19.6 Å². The van der Waals surface area contributed by atoms with Crippen LogP contribution in [-0.2, 0) is 10.0 Å². The summed E-state index contributed by atoms with van der Waals surface area (Å²) in [6.45, 7) is 5.20. The van der Waals surface area contributed by atoms with E-state index in [1.54, 1.807) is 6.92 Å². The molecule has 6 heteroatoms. The molecule has 96 valence electrons. The van der Waals surface area contributed by atoms with Gasteiger partial charge in [-0.2, -0.15) is 0 Å². The van der Waals surface area contributed by atoms with Gasteiger partial charge in [0, 0.05) is 13.1 Å². The molecule has 0 radical (unpaired) electrons. The van der Waals surface area contributed by atoms with Gasteiger partial charge in [0.25, 0.3) is 0 Å². The monoisotopic (exact) mass is 260 g/mol. The Balaban J connectivity index is 2.75. The molecule has 0 aliphatic carbocycles. The van der Waals surface area contributed by atoms with E-state index in [0.717, 1.165) is 12.6 Å². The third-order valence-electron chi connectivity index (χ3n) is 2.17. The van der Waals surface area contributed by atoms with E-state index in [2.05, 4.69) is 10.0 Å². The van der Waals surface area contributed by atoms with Gasteiger partial charge < -0.3 is 5.32 Å². The summed E-state index contributed by atoms with van der Waals surface area (Å²) in [6, 6.07) is 3.75. The topological polar surface area (TPSA) is 58.2 Å². The zero-order chi connectivity index (χ0) is 12.9. The molecule has 1 aromatic carbocycles. The lowest BCUT2D eigenvalue weighted by atomic mass is 10.2. The number of hydrogen-bond donors (Lipinski definition) is 2. The molecule has 4 nitrogen and oxygen atoms in total. The average molecular weight is 260 g/mol. The van der Waals surface area contributed by atoms with Gasteiger partial charge in [0.1, 0.15) is 5.82 Å². The maximum Gasteiger partial charge on any atom is 0.240 e. The van der Waals surface area contributed by atoms with Crippen molar-refractivity contribution in [2.45, 2.75) is 18.7 Å². The van der Waals surface area contributed by atoms with Crippen molar-refractivity contribution in [1.29, 1.82) is 0 Å².